The summed E-state index contributed by atoms with van der Waals surface area (Å²) < 4.78 is 5.77. The molecule has 2 aromatic carbocycles. The Morgan fingerprint density at radius 2 is 1.82 bits per heavy atom. The fraction of sp³-hybridized carbons (Fsp3) is 0.182. The molecule has 3 aromatic rings. The van der Waals surface area contributed by atoms with E-state index in [1.54, 1.807) is 41.7 Å². The van der Waals surface area contributed by atoms with Crippen molar-refractivity contribution in [3.8, 4) is 5.75 Å². The second-order valence-corrected chi connectivity index (χ2v) is 7.27. The molecule has 2 amide bonds. The summed E-state index contributed by atoms with van der Waals surface area (Å²) in [5.41, 5.74) is 2.49. The molecule has 0 aliphatic rings. The minimum absolute atomic E-state index is 0.165. The van der Waals surface area contributed by atoms with Gasteiger partial charge < -0.3 is 15.4 Å². The predicted octanol–water partition coefficient (Wildman–Crippen LogP) is 4.64. The highest BCUT2D eigenvalue weighted by Gasteiger charge is 2.12. The maximum atomic E-state index is 12.7. The highest BCUT2D eigenvalue weighted by molar-refractivity contribution is 7.09. The summed E-state index contributed by atoms with van der Waals surface area (Å²) >= 11 is 1.63. The third kappa shape index (κ3) is 4.98. The molecule has 144 valence electrons. The molecule has 0 aliphatic heterocycles. The van der Waals surface area contributed by atoms with Crippen molar-refractivity contribution in [1.29, 1.82) is 0 Å². The summed E-state index contributed by atoms with van der Waals surface area (Å²) in [5, 5.41) is 7.65. The first kappa shape index (κ1) is 19.6. The number of amides is 2. The van der Waals surface area contributed by atoms with E-state index in [0.29, 0.717) is 35.7 Å². The van der Waals surface area contributed by atoms with Gasteiger partial charge in [0.2, 0.25) is 0 Å². The van der Waals surface area contributed by atoms with Gasteiger partial charge in [0.25, 0.3) is 11.8 Å². The third-order valence-electron chi connectivity index (χ3n) is 4.14. The Morgan fingerprint density at radius 1 is 1.00 bits per heavy atom. The van der Waals surface area contributed by atoms with Crippen molar-refractivity contribution in [2.75, 3.05) is 11.9 Å². The van der Waals surface area contributed by atoms with Gasteiger partial charge in [-0.25, -0.2) is 0 Å². The molecule has 0 saturated heterocycles. The lowest BCUT2D eigenvalue weighted by Crippen LogP contribution is -2.23. The second kappa shape index (κ2) is 9.19. The average Bonchev–Trinajstić information content (AvgIpc) is 3.22. The summed E-state index contributed by atoms with van der Waals surface area (Å²) in [7, 11) is 0. The minimum Gasteiger partial charge on any atom is -0.488 e. The molecule has 1 aromatic heterocycles. The van der Waals surface area contributed by atoms with E-state index in [9.17, 15) is 9.59 Å². The first-order chi connectivity index (χ1) is 13.6. The molecule has 1 heterocycles. The number of anilines is 1. The maximum Gasteiger partial charge on any atom is 0.255 e. The Bertz CT molecular complexity index is 968. The van der Waals surface area contributed by atoms with Crippen molar-refractivity contribution in [3.63, 3.8) is 0 Å². The van der Waals surface area contributed by atoms with Gasteiger partial charge in [0.05, 0.1) is 0 Å². The zero-order valence-corrected chi connectivity index (χ0v) is 16.6. The standard InChI is InChI=1S/C22H22N2O3S/c1-3-23-21(25)17-10-9-15(2)20(13-17)24-22(26)16-6-4-7-18(12-16)27-14-19-8-5-11-28-19/h4-13H,3,14H2,1-2H3,(H,23,25)(H,24,26). The Morgan fingerprint density at radius 3 is 2.57 bits per heavy atom. The largest absolute Gasteiger partial charge is 0.488 e. The molecule has 0 spiro atoms. The smallest absolute Gasteiger partial charge is 0.255 e. The van der Waals surface area contributed by atoms with Crippen LogP contribution in [0.15, 0.2) is 60.0 Å². The van der Waals surface area contributed by atoms with Gasteiger partial charge in [-0.05, 0) is 61.2 Å². The van der Waals surface area contributed by atoms with Gasteiger partial charge in [0, 0.05) is 28.2 Å². The lowest BCUT2D eigenvalue weighted by molar-refractivity contribution is 0.0954. The number of hydrogen-bond acceptors (Lipinski definition) is 4. The summed E-state index contributed by atoms with van der Waals surface area (Å²) in [4.78, 5) is 25.8. The van der Waals surface area contributed by atoms with Crippen LogP contribution in [0.1, 0.15) is 38.1 Å². The molecule has 0 saturated carbocycles. The van der Waals surface area contributed by atoms with E-state index in [4.69, 9.17) is 4.74 Å². The molecular formula is C22H22N2O3S. The fourth-order valence-electron chi connectivity index (χ4n) is 2.63. The number of carbonyl (C=O) groups is 2. The molecule has 0 radical (unpaired) electrons. The molecule has 3 rings (SSSR count). The van der Waals surface area contributed by atoms with Gasteiger partial charge in [0.1, 0.15) is 12.4 Å². The number of benzene rings is 2. The third-order valence-corrected chi connectivity index (χ3v) is 4.99. The Kier molecular flexibility index (Phi) is 6.45. The summed E-state index contributed by atoms with van der Waals surface area (Å²) in [6.07, 6.45) is 0. The fourth-order valence-corrected chi connectivity index (χ4v) is 3.25. The van der Waals surface area contributed by atoms with Gasteiger partial charge >= 0.3 is 0 Å². The highest BCUT2D eigenvalue weighted by atomic mass is 32.1. The van der Waals surface area contributed by atoms with Crippen molar-refractivity contribution in [1.82, 2.24) is 5.32 Å². The van der Waals surface area contributed by atoms with E-state index in [0.717, 1.165) is 10.4 Å². The summed E-state index contributed by atoms with van der Waals surface area (Å²) in [6, 6.07) is 16.3. The minimum atomic E-state index is -0.252. The van der Waals surface area contributed by atoms with Gasteiger partial charge in [-0.2, -0.15) is 0 Å². The SMILES string of the molecule is CCNC(=O)c1ccc(C)c(NC(=O)c2cccc(OCc3cccs3)c2)c1. The number of carbonyl (C=O) groups excluding carboxylic acids is 2. The lowest BCUT2D eigenvalue weighted by Gasteiger charge is -2.12. The molecule has 0 fully saturated rings. The lowest BCUT2D eigenvalue weighted by atomic mass is 10.1. The van der Waals surface area contributed by atoms with Crippen LogP contribution in [0.2, 0.25) is 0 Å². The topological polar surface area (TPSA) is 67.4 Å². The first-order valence-corrected chi connectivity index (χ1v) is 9.90. The van der Waals surface area contributed by atoms with Crippen LogP contribution in [0.5, 0.6) is 5.75 Å². The van der Waals surface area contributed by atoms with Gasteiger partial charge in [0.15, 0.2) is 0 Å². The molecule has 2 N–H and O–H groups in total. The Balaban J connectivity index is 1.71. The van der Waals surface area contributed by atoms with Crippen LogP contribution in [0, 0.1) is 6.92 Å². The van der Waals surface area contributed by atoms with E-state index in [1.807, 2.05) is 43.5 Å². The van der Waals surface area contributed by atoms with Crippen LogP contribution in [0.25, 0.3) is 0 Å². The number of rotatable bonds is 7. The molecule has 28 heavy (non-hydrogen) atoms. The van der Waals surface area contributed by atoms with Crippen LogP contribution < -0.4 is 15.4 Å². The Hall–Kier alpha value is -3.12. The highest BCUT2D eigenvalue weighted by Crippen LogP contribution is 2.21. The van der Waals surface area contributed by atoms with Crippen molar-refractivity contribution in [2.24, 2.45) is 0 Å². The van der Waals surface area contributed by atoms with Gasteiger partial charge in [-0.15, -0.1) is 11.3 Å². The molecule has 0 unspecified atom stereocenters. The van der Waals surface area contributed by atoms with Crippen molar-refractivity contribution < 1.29 is 14.3 Å². The molecule has 6 heteroatoms. The van der Waals surface area contributed by atoms with Crippen LogP contribution in [-0.4, -0.2) is 18.4 Å². The molecule has 0 bridgehead atoms. The first-order valence-electron chi connectivity index (χ1n) is 9.02. The molecule has 0 aliphatic carbocycles. The van der Waals surface area contributed by atoms with E-state index in [2.05, 4.69) is 10.6 Å². The van der Waals surface area contributed by atoms with Crippen LogP contribution in [0.4, 0.5) is 5.69 Å². The summed E-state index contributed by atoms with van der Waals surface area (Å²) in [6.45, 7) is 4.77. The zero-order valence-electron chi connectivity index (χ0n) is 15.8. The Labute approximate surface area is 168 Å². The van der Waals surface area contributed by atoms with Gasteiger partial charge in [-0.1, -0.05) is 18.2 Å². The zero-order chi connectivity index (χ0) is 19.9. The molecule has 5 nitrogen and oxygen atoms in total. The van der Waals surface area contributed by atoms with E-state index in [-0.39, 0.29) is 11.8 Å². The number of nitrogens with one attached hydrogen (secondary N) is 2. The average molecular weight is 394 g/mol. The van der Waals surface area contributed by atoms with Crippen molar-refractivity contribution in [3.05, 3.63) is 81.5 Å². The number of thiophene rings is 1. The second-order valence-electron chi connectivity index (χ2n) is 6.24. The molecule has 0 atom stereocenters. The van der Waals surface area contributed by atoms with E-state index < -0.39 is 0 Å². The van der Waals surface area contributed by atoms with Crippen LogP contribution in [-0.2, 0) is 6.61 Å². The number of aryl methyl sites for hydroxylation is 1. The van der Waals surface area contributed by atoms with E-state index >= 15 is 0 Å². The summed E-state index contributed by atoms with van der Waals surface area (Å²) in [5.74, 6) is 0.216. The van der Waals surface area contributed by atoms with Crippen molar-refractivity contribution >= 4 is 28.8 Å². The van der Waals surface area contributed by atoms with Crippen LogP contribution in [0.3, 0.4) is 0 Å². The normalized spacial score (nSPS) is 10.4. The monoisotopic (exact) mass is 394 g/mol. The van der Waals surface area contributed by atoms with Gasteiger partial charge in [-0.3, -0.25) is 9.59 Å². The van der Waals surface area contributed by atoms with Crippen LogP contribution >= 0.6 is 11.3 Å². The van der Waals surface area contributed by atoms with Crippen molar-refractivity contribution in [2.45, 2.75) is 20.5 Å². The molecular weight excluding hydrogens is 372 g/mol. The van der Waals surface area contributed by atoms with E-state index in [1.165, 1.54) is 0 Å². The maximum absolute atomic E-state index is 12.7. The quantitative estimate of drug-likeness (QED) is 0.614. The predicted molar refractivity (Wildman–Crippen MR) is 112 cm³/mol. The number of ether oxygens (including phenoxy) is 1. The number of hydrogen-bond donors (Lipinski definition) is 2.